The number of rotatable bonds is 6. The van der Waals surface area contributed by atoms with E-state index in [9.17, 15) is 9.59 Å². The third-order valence-corrected chi connectivity index (χ3v) is 3.95. The smallest absolute Gasteiger partial charge is 0.271 e. The van der Waals surface area contributed by atoms with Crippen molar-refractivity contribution in [3.63, 3.8) is 0 Å². The van der Waals surface area contributed by atoms with Crippen molar-refractivity contribution in [2.24, 2.45) is 5.73 Å². The van der Waals surface area contributed by atoms with Gasteiger partial charge in [0.15, 0.2) is 0 Å². The number of amides is 2. The molecule has 0 saturated heterocycles. The van der Waals surface area contributed by atoms with Gasteiger partial charge < -0.3 is 16.4 Å². The maximum atomic E-state index is 12.0. The normalized spacial score (nSPS) is 10.3. The van der Waals surface area contributed by atoms with Gasteiger partial charge in [0, 0.05) is 31.0 Å². The van der Waals surface area contributed by atoms with Crippen molar-refractivity contribution in [1.29, 1.82) is 0 Å². The first-order chi connectivity index (χ1) is 10.6. The summed E-state index contributed by atoms with van der Waals surface area (Å²) < 4.78 is 0. The zero-order chi connectivity index (χ0) is 15.9. The van der Waals surface area contributed by atoms with Gasteiger partial charge in [0.2, 0.25) is 0 Å². The number of hydrogen-bond donors (Lipinski definition) is 3. The van der Waals surface area contributed by atoms with E-state index in [2.05, 4.69) is 15.6 Å². The molecule has 0 bridgehead atoms. The molecule has 1 heterocycles. The summed E-state index contributed by atoms with van der Waals surface area (Å²) in [5.41, 5.74) is 7.38. The predicted molar refractivity (Wildman–Crippen MR) is 85.9 cm³/mol. The molecule has 0 aliphatic carbocycles. The van der Waals surface area contributed by atoms with E-state index in [1.807, 2.05) is 12.1 Å². The topological polar surface area (TPSA) is 97.1 Å². The molecule has 7 heteroatoms. The van der Waals surface area contributed by atoms with Crippen LogP contribution in [0.3, 0.4) is 0 Å². The molecule has 0 saturated carbocycles. The molecule has 0 spiro atoms. The fraction of sp³-hybridized carbons (Fsp3) is 0.267. The van der Waals surface area contributed by atoms with Crippen LogP contribution in [0.15, 0.2) is 29.6 Å². The van der Waals surface area contributed by atoms with E-state index in [1.54, 1.807) is 24.6 Å². The number of nitrogens with zero attached hydrogens (tertiary/aromatic N) is 1. The van der Waals surface area contributed by atoms with E-state index < -0.39 is 0 Å². The van der Waals surface area contributed by atoms with Crippen molar-refractivity contribution < 1.29 is 9.59 Å². The SMILES string of the molecule is CNC(=O)c1ccc(CNC(=O)c2csc(CCN)n2)cc1. The van der Waals surface area contributed by atoms with Crippen molar-refractivity contribution in [1.82, 2.24) is 15.6 Å². The third-order valence-electron chi connectivity index (χ3n) is 3.04. The van der Waals surface area contributed by atoms with Crippen molar-refractivity contribution in [2.75, 3.05) is 13.6 Å². The Bertz CT molecular complexity index is 652. The highest BCUT2D eigenvalue weighted by Gasteiger charge is 2.10. The van der Waals surface area contributed by atoms with Gasteiger partial charge in [-0.15, -0.1) is 11.3 Å². The lowest BCUT2D eigenvalue weighted by Crippen LogP contribution is -2.23. The fourth-order valence-electron chi connectivity index (χ4n) is 1.84. The molecule has 116 valence electrons. The number of benzene rings is 1. The summed E-state index contributed by atoms with van der Waals surface area (Å²) in [6.45, 7) is 0.906. The van der Waals surface area contributed by atoms with E-state index in [0.29, 0.717) is 30.8 Å². The minimum Gasteiger partial charge on any atom is -0.355 e. The number of carbonyl (C=O) groups is 2. The average Bonchev–Trinajstić information content (AvgIpc) is 3.01. The molecule has 0 radical (unpaired) electrons. The lowest BCUT2D eigenvalue weighted by atomic mass is 10.1. The first-order valence-electron chi connectivity index (χ1n) is 6.87. The second-order valence-corrected chi connectivity index (χ2v) is 5.57. The summed E-state index contributed by atoms with van der Waals surface area (Å²) >= 11 is 1.44. The van der Waals surface area contributed by atoms with Gasteiger partial charge in [-0.05, 0) is 24.2 Å². The Morgan fingerprint density at radius 2 is 1.95 bits per heavy atom. The van der Waals surface area contributed by atoms with Crippen molar-refractivity contribution in [3.05, 3.63) is 51.5 Å². The van der Waals surface area contributed by atoms with Gasteiger partial charge in [-0.3, -0.25) is 9.59 Å². The minimum atomic E-state index is -0.213. The van der Waals surface area contributed by atoms with Crippen molar-refractivity contribution >= 4 is 23.2 Å². The Balaban J connectivity index is 1.91. The second-order valence-electron chi connectivity index (χ2n) is 4.62. The number of nitrogens with one attached hydrogen (secondary N) is 2. The number of aromatic nitrogens is 1. The van der Waals surface area contributed by atoms with E-state index in [4.69, 9.17) is 5.73 Å². The summed E-state index contributed by atoms with van der Waals surface area (Å²) in [5, 5.41) is 7.96. The van der Waals surface area contributed by atoms with Crippen LogP contribution in [0.1, 0.15) is 31.4 Å². The fourth-order valence-corrected chi connectivity index (χ4v) is 2.64. The predicted octanol–water partition coefficient (Wildman–Crippen LogP) is 0.934. The quantitative estimate of drug-likeness (QED) is 0.738. The monoisotopic (exact) mass is 318 g/mol. The number of nitrogens with two attached hydrogens (primary N) is 1. The highest BCUT2D eigenvalue weighted by Crippen LogP contribution is 2.10. The zero-order valence-corrected chi connectivity index (χ0v) is 13.1. The Morgan fingerprint density at radius 1 is 1.23 bits per heavy atom. The molecule has 1 aromatic carbocycles. The summed E-state index contributed by atoms with van der Waals surface area (Å²) in [5.74, 6) is -0.347. The van der Waals surface area contributed by atoms with Crippen LogP contribution in [0, 0.1) is 0 Å². The van der Waals surface area contributed by atoms with Crippen molar-refractivity contribution in [2.45, 2.75) is 13.0 Å². The molecular weight excluding hydrogens is 300 g/mol. The van der Waals surface area contributed by atoms with E-state index >= 15 is 0 Å². The molecule has 2 rings (SSSR count). The largest absolute Gasteiger partial charge is 0.355 e. The number of carbonyl (C=O) groups excluding carboxylic acids is 2. The third kappa shape index (κ3) is 4.12. The molecule has 22 heavy (non-hydrogen) atoms. The van der Waals surface area contributed by atoms with Crippen molar-refractivity contribution in [3.8, 4) is 0 Å². The molecule has 2 amide bonds. The van der Waals surface area contributed by atoms with Crippen LogP contribution in [-0.4, -0.2) is 30.4 Å². The molecular formula is C15H18N4O2S. The second kappa shape index (κ2) is 7.67. The van der Waals surface area contributed by atoms with E-state index in [1.165, 1.54) is 11.3 Å². The van der Waals surface area contributed by atoms with Crippen LogP contribution < -0.4 is 16.4 Å². The molecule has 0 fully saturated rings. The molecule has 0 atom stereocenters. The van der Waals surface area contributed by atoms with Gasteiger partial charge in [-0.25, -0.2) is 4.98 Å². The van der Waals surface area contributed by atoms with Crippen LogP contribution in [0.4, 0.5) is 0 Å². The number of hydrogen-bond acceptors (Lipinski definition) is 5. The van der Waals surface area contributed by atoms with Gasteiger partial charge in [0.25, 0.3) is 11.8 Å². The molecule has 0 aliphatic rings. The van der Waals surface area contributed by atoms with Crippen LogP contribution in [0.5, 0.6) is 0 Å². The van der Waals surface area contributed by atoms with Crippen LogP contribution in [0.25, 0.3) is 0 Å². The molecule has 2 aromatic rings. The standard InChI is InChI=1S/C15H18N4O2S/c1-17-14(20)11-4-2-10(3-5-11)8-18-15(21)12-9-22-13(19-12)6-7-16/h2-5,9H,6-8,16H2,1H3,(H,17,20)(H,18,21). The lowest BCUT2D eigenvalue weighted by molar-refractivity contribution is 0.0942. The molecule has 6 nitrogen and oxygen atoms in total. The first kappa shape index (κ1) is 16.1. The van der Waals surface area contributed by atoms with Gasteiger partial charge in [-0.2, -0.15) is 0 Å². The summed E-state index contributed by atoms with van der Waals surface area (Å²) in [6.07, 6.45) is 0.679. The summed E-state index contributed by atoms with van der Waals surface area (Å²) in [7, 11) is 1.59. The molecule has 0 aliphatic heterocycles. The van der Waals surface area contributed by atoms with Gasteiger partial charge in [0.05, 0.1) is 5.01 Å². The zero-order valence-electron chi connectivity index (χ0n) is 12.3. The highest BCUT2D eigenvalue weighted by atomic mass is 32.1. The average molecular weight is 318 g/mol. The van der Waals surface area contributed by atoms with Crippen LogP contribution >= 0.6 is 11.3 Å². The molecule has 0 unspecified atom stereocenters. The van der Waals surface area contributed by atoms with Crippen LogP contribution in [-0.2, 0) is 13.0 Å². The first-order valence-corrected chi connectivity index (χ1v) is 7.75. The van der Waals surface area contributed by atoms with Gasteiger partial charge >= 0.3 is 0 Å². The van der Waals surface area contributed by atoms with E-state index in [0.717, 1.165) is 10.6 Å². The van der Waals surface area contributed by atoms with Crippen LogP contribution in [0.2, 0.25) is 0 Å². The van der Waals surface area contributed by atoms with E-state index in [-0.39, 0.29) is 11.8 Å². The minimum absolute atomic E-state index is 0.134. The van der Waals surface area contributed by atoms with Gasteiger partial charge in [-0.1, -0.05) is 12.1 Å². The maximum Gasteiger partial charge on any atom is 0.271 e. The Kier molecular flexibility index (Phi) is 5.62. The lowest BCUT2D eigenvalue weighted by Gasteiger charge is -2.05. The Labute approximate surface area is 132 Å². The summed E-state index contributed by atoms with van der Waals surface area (Å²) in [4.78, 5) is 27.7. The Hall–Kier alpha value is -2.25. The molecule has 1 aromatic heterocycles. The maximum absolute atomic E-state index is 12.0. The highest BCUT2D eigenvalue weighted by molar-refractivity contribution is 7.09. The van der Waals surface area contributed by atoms with Gasteiger partial charge in [0.1, 0.15) is 5.69 Å². The number of thiazole rings is 1. The molecule has 4 N–H and O–H groups in total. The summed E-state index contributed by atoms with van der Waals surface area (Å²) in [6, 6.07) is 7.07. The Morgan fingerprint density at radius 3 is 2.59 bits per heavy atom.